The van der Waals surface area contributed by atoms with Crippen molar-refractivity contribution in [3.63, 3.8) is 0 Å². The van der Waals surface area contributed by atoms with Gasteiger partial charge < -0.3 is 24.0 Å². The lowest BCUT2D eigenvalue weighted by molar-refractivity contribution is -0.131. The summed E-state index contributed by atoms with van der Waals surface area (Å²) in [6, 6.07) is 0. The van der Waals surface area contributed by atoms with Gasteiger partial charge in [0.05, 0.1) is 6.61 Å². The minimum Gasteiger partial charge on any atom is -0.444 e. The second-order valence-corrected chi connectivity index (χ2v) is 10.1. The molecule has 0 aromatic rings. The summed E-state index contributed by atoms with van der Waals surface area (Å²) in [6.45, 7) is 13.8. The van der Waals surface area contributed by atoms with E-state index in [-0.39, 0.29) is 36.9 Å². The van der Waals surface area contributed by atoms with Gasteiger partial charge in [-0.2, -0.15) is 0 Å². The predicted molar refractivity (Wildman–Crippen MR) is 111 cm³/mol. The molecular weight excluding hydrogens is 390 g/mol. The van der Waals surface area contributed by atoms with Crippen LogP contribution in [0.2, 0.25) is 0 Å². The molecule has 0 aromatic carbocycles. The van der Waals surface area contributed by atoms with Gasteiger partial charge in [-0.25, -0.2) is 9.59 Å². The molecule has 0 aromatic heterocycles. The van der Waals surface area contributed by atoms with Crippen LogP contribution in [0.4, 0.5) is 9.59 Å². The van der Waals surface area contributed by atoms with Gasteiger partial charge in [0.2, 0.25) is 5.91 Å². The van der Waals surface area contributed by atoms with Crippen molar-refractivity contribution < 1.29 is 28.6 Å². The molecule has 172 valence electrons. The molecule has 2 heterocycles. The smallest absolute Gasteiger partial charge is 0.410 e. The Bertz CT molecular complexity index is 626. The van der Waals surface area contributed by atoms with Gasteiger partial charge in [0.25, 0.3) is 0 Å². The first-order valence-corrected chi connectivity index (χ1v) is 10.5. The van der Waals surface area contributed by atoms with Crippen LogP contribution in [-0.4, -0.2) is 97.0 Å². The van der Waals surface area contributed by atoms with Crippen molar-refractivity contribution in [1.29, 1.82) is 0 Å². The van der Waals surface area contributed by atoms with Crippen LogP contribution in [0.5, 0.6) is 0 Å². The highest BCUT2D eigenvalue weighted by Crippen LogP contribution is 2.32. The number of likely N-dealkylation sites (tertiary alicyclic amines) is 2. The number of hydrogen-bond donors (Lipinski definition) is 0. The molecule has 2 aliphatic heterocycles. The predicted octanol–water partition coefficient (Wildman–Crippen LogP) is 2.20. The second kappa shape index (κ2) is 9.41. The summed E-state index contributed by atoms with van der Waals surface area (Å²) >= 11 is 0. The fraction of sp³-hybridized carbons (Fsp3) is 0.857. The monoisotopic (exact) mass is 427 g/mol. The molecule has 0 radical (unpaired) electrons. The summed E-state index contributed by atoms with van der Waals surface area (Å²) in [5, 5.41) is 0. The Balaban J connectivity index is 1.90. The van der Waals surface area contributed by atoms with Crippen LogP contribution in [0.15, 0.2) is 0 Å². The van der Waals surface area contributed by atoms with Gasteiger partial charge in [0.15, 0.2) is 0 Å². The Labute approximate surface area is 179 Å². The molecule has 0 bridgehead atoms. The maximum absolute atomic E-state index is 12.9. The quantitative estimate of drug-likeness (QED) is 0.668. The standard InChI is InChI=1S/C21H37N3O6/c1-20(2,3)29-18(26)22(8-9-28-7)14-17(25)23-10-15-12-24(13-16(15)11-23)19(27)30-21(4,5)6/h15-16H,8-14H2,1-7H3/t15-,16+. The number of methoxy groups -OCH3 is 1. The van der Waals surface area contributed by atoms with Crippen molar-refractivity contribution in [3.05, 3.63) is 0 Å². The van der Waals surface area contributed by atoms with E-state index in [1.165, 1.54) is 4.90 Å². The van der Waals surface area contributed by atoms with Crippen molar-refractivity contribution >= 4 is 18.1 Å². The number of fused-ring (bicyclic) bond motifs is 1. The van der Waals surface area contributed by atoms with Gasteiger partial charge in [-0.3, -0.25) is 9.69 Å². The Morgan fingerprint density at radius 3 is 1.83 bits per heavy atom. The van der Waals surface area contributed by atoms with E-state index < -0.39 is 17.3 Å². The third-order valence-electron chi connectivity index (χ3n) is 5.03. The maximum atomic E-state index is 12.9. The largest absolute Gasteiger partial charge is 0.444 e. The highest BCUT2D eigenvalue weighted by Gasteiger charge is 2.44. The minimum absolute atomic E-state index is 0.0481. The van der Waals surface area contributed by atoms with Crippen LogP contribution in [0.3, 0.4) is 0 Å². The van der Waals surface area contributed by atoms with E-state index in [0.29, 0.717) is 32.8 Å². The molecule has 0 saturated carbocycles. The first kappa shape index (κ1) is 24.2. The normalized spacial score (nSPS) is 21.4. The van der Waals surface area contributed by atoms with E-state index in [4.69, 9.17) is 14.2 Å². The van der Waals surface area contributed by atoms with Gasteiger partial charge >= 0.3 is 12.2 Å². The van der Waals surface area contributed by atoms with Crippen molar-refractivity contribution in [2.45, 2.75) is 52.7 Å². The van der Waals surface area contributed by atoms with E-state index in [9.17, 15) is 14.4 Å². The lowest BCUT2D eigenvalue weighted by atomic mass is 10.0. The number of amides is 3. The van der Waals surface area contributed by atoms with Gasteiger partial charge in [0.1, 0.15) is 17.7 Å². The second-order valence-electron chi connectivity index (χ2n) is 10.1. The molecule has 2 atom stereocenters. The van der Waals surface area contributed by atoms with Gasteiger partial charge in [0, 0.05) is 51.7 Å². The summed E-state index contributed by atoms with van der Waals surface area (Å²) < 4.78 is 15.9. The Hall–Kier alpha value is -2.03. The molecule has 3 amide bonds. The van der Waals surface area contributed by atoms with Crippen molar-refractivity contribution in [2.75, 3.05) is 53.0 Å². The van der Waals surface area contributed by atoms with E-state index in [1.807, 2.05) is 20.8 Å². The number of ether oxygens (including phenoxy) is 3. The first-order valence-electron chi connectivity index (χ1n) is 10.5. The van der Waals surface area contributed by atoms with Crippen molar-refractivity contribution in [2.24, 2.45) is 11.8 Å². The van der Waals surface area contributed by atoms with Crippen LogP contribution < -0.4 is 0 Å². The summed E-state index contributed by atoms with van der Waals surface area (Å²) in [5.74, 6) is 0.348. The molecule has 2 fully saturated rings. The molecule has 9 nitrogen and oxygen atoms in total. The van der Waals surface area contributed by atoms with Crippen molar-refractivity contribution in [1.82, 2.24) is 14.7 Å². The third-order valence-corrected chi connectivity index (χ3v) is 5.03. The molecule has 0 spiro atoms. The molecule has 0 unspecified atom stereocenters. The average molecular weight is 428 g/mol. The highest BCUT2D eigenvalue weighted by molar-refractivity contribution is 5.82. The van der Waals surface area contributed by atoms with Crippen LogP contribution in [0.25, 0.3) is 0 Å². The fourth-order valence-corrected chi connectivity index (χ4v) is 3.70. The van der Waals surface area contributed by atoms with Crippen LogP contribution >= 0.6 is 0 Å². The lowest BCUT2D eigenvalue weighted by Gasteiger charge is -2.29. The average Bonchev–Trinajstić information content (AvgIpc) is 3.14. The summed E-state index contributed by atoms with van der Waals surface area (Å²) in [5.41, 5.74) is -1.16. The van der Waals surface area contributed by atoms with E-state index in [1.54, 1.807) is 37.7 Å². The lowest BCUT2D eigenvalue weighted by Crippen LogP contribution is -2.46. The van der Waals surface area contributed by atoms with Gasteiger partial charge in [-0.05, 0) is 41.5 Å². The molecule has 2 aliphatic rings. The summed E-state index contributed by atoms with van der Waals surface area (Å²) in [7, 11) is 1.55. The zero-order valence-corrected chi connectivity index (χ0v) is 19.4. The molecule has 2 saturated heterocycles. The first-order chi connectivity index (χ1) is 13.8. The SMILES string of the molecule is COCCN(CC(=O)N1C[C@@H]2CN(C(=O)OC(C)(C)C)C[C@@H]2C1)C(=O)OC(C)(C)C. The zero-order chi connectivity index (χ0) is 22.7. The van der Waals surface area contributed by atoms with Crippen LogP contribution in [0.1, 0.15) is 41.5 Å². The molecule has 2 rings (SSSR count). The summed E-state index contributed by atoms with van der Waals surface area (Å²) in [6.07, 6.45) is -0.825. The highest BCUT2D eigenvalue weighted by atomic mass is 16.6. The number of rotatable bonds is 5. The number of carbonyl (C=O) groups excluding carboxylic acids is 3. The minimum atomic E-state index is -0.638. The third kappa shape index (κ3) is 7.04. The fourth-order valence-electron chi connectivity index (χ4n) is 3.70. The van der Waals surface area contributed by atoms with Crippen molar-refractivity contribution in [3.8, 4) is 0 Å². The Morgan fingerprint density at radius 2 is 1.37 bits per heavy atom. The maximum Gasteiger partial charge on any atom is 0.410 e. The Kier molecular flexibility index (Phi) is 7.60. The number of nitrogens with zero attached hydrogens (tertiary/aromatic N) is 3. The van der Waals surface area contributed by atoms with Gasteiger partial charge in [-0.15, -0.1) is 0 Å². The summed E-state index contributed by atoms with van der Waals surface area (Å²) in [4.78, 5) is 42.5. The Morgan fingerprint density at radius 1 is 0.867 bits per heavy atom. The van der Waals surface area contributed by atoms with E-state index in [0.717, 1.165) is 0 Å². The zero-order valence-electron chi connectivity index (χ0n) is 19.4. The van der Waals surface area contributed by atoms with E-state index in [2.05, 4.69) is 0 Å². The molecule has 30 heavy (non-hydrogen) atoms. The molecular formula is C21H37N3O6. The van der Waals surface area contributed by atoms with Crippen LogP contribution in [-0.2, 0) is 19.0 Å². The number of hydrogen-bond acceptors (Lipinski definition) is 6. The van der Waals surface area contributed by atoms with Crippen LogP contribution in [0, 0.1) is 11.8 Å². The molecule has 9 heteroatoms. The number of carbonyl (C=O) groups is 3. The van der Waals surface area contributed by atoms with Gasteiger partial charge in [-0.1, -0.05) is 0 Å². The van der Waals surface area contributed by atoms with E-state index >= 15 is 0 Å². The molecule has 0 N–H and O–H groups in total. The molecule has 0 aliphatic carbocycles. The topological polar surface area (TPSA) is 88.6 Å².